The first-order valence-corrected chi connectivity index (χ1v) is 45.7. The van der Waals surface area contributed by atoms with Crippen molar-refractivity contribution in [3.05, 3.63) is 510 Å². The molecule has 0 saturated heterocycles. The van der Waals surface area contributed by atoms with Gasteiger partial charge in [-0.2, -0.15) is 0 Å². The third-order valence-corrected chi connectivity index (χ3v) is 26.8. The molecule has 0 aliphatic carbocycles. The molecule has 0 unspecified atom stereocenters. The summed E-state index contributed by atoms with van der Waals surface area (Å²) in [6, 6.07) is 184. The van der Waals surface area contributed by atoms with Crippen LogP contribution in [0.5, 0.6) is 0 Å². The van der Waals surface area contributed by atoms with Crippen LogP contribution in [0.15, 0.2) is 514 Å². The minimum absolute atomic E-state index is 0.877. The molecule has 0 bridgehead atoms. The number of furan rings is 1. The molecule has 4 heterocycles. The number of aromatic nitrogens is 2. The standard InChI is InChI=1S/C70H45N3OS.C54H39N3/c1-3-18-46(19-4-1)54-40-41-63(56-27-8-7-26-55(54)56)71(49-21-5-2-6-22-49)51-24-16-25-52(44-51)72(64-32-17-35-69-70(64)61-30-11-14-34-68(61)75-69)50-23-15-20-47(42-50)48-36-38-58-57-28-9-12-31-62(57)73(65(58)43-48)53-37-39-60-59-29-10-13-33-66(59)74-67(60)45-53;1-6-19-40(20-7-1)43-36-49(55(44-22-8-2-9-23-44)45-24-10-3-11-25-45)39-50(37-43)56(46-26-12-4-13-27-46)48-30-18-21-41(35-48)42-33-34-52-51-31-16-17-32-53(51)57(54(52)38-42)47-28-14-5-15-29-47/h1-45H;1-39H. The maximum atomic E-state index is 6.44. The average molecular weight is 1710 g/mol. The zero-order chi connectivity index (χ0) is 87.4. The van der Waals surface area contributed by atoms with E-state index in [0.717, 1.165) is 146 Å². The lowest BCUT2D eigenvalue weighted by Crippen LogP contribution is -2.13. The zero-order valence-electron chi connectivity index (χ0n) is 72.0. The fraction of sp³-hybridized carbons (Fsp3) is 0. The molecule has 0 aliphatic rings. The number of hydrogen-bond donors (Lipinski definition) is 0. The van der Waals surface area contributed by atoms with Crippen molar-refractivity contribution in [1.82, 2.24) is 9.13 Å². The second-order valence-corrected chi connectivity index (χ2v) is 34.6. The number of para-hydroxylation sites is 8. The summed E-state index contributed by atoms with van der Waals surface area (Å²) in [5.74, 6) is 0. The second-order valence-electron chi connectivity index (χ2n) is 33.5. The highest BCUT2D eigenvalue weighted by Crippen LogP contribution is 2.51. The van der Waals surface area contributed by atoms with Gasteiger partial charge in [-0.15, -0.1) is 11.3 Å². The van der Waals surface area contributed by atoms with Crippen LogP contribution in [-0.2, 0) is 0 Å². The first-order chi connectivity index (χ1) is 65.5. The Morgan fingerprint density at radius 3 is 1.13 bits per heavy atom. The Hall–Kier alpha value is -17.3. The number of benzene rings is 21. The lowest BCUT2D eigenvalue weighted by atomic mass is 9.96. The highest BCUT2D eigenvalue weighted by Gasteiger charge is 2.27. The molecule has 4 aromatic heterocycles. The maximum Gasteiger partial charge on any atom is 0.137 e. The number of fused-ring (bicyclic) bond motifs is 13. The van der Waals surface area contributed by atoms with Gasteiger partial charge in [0.2, 0.25) is 0 Å². The third-order valence-electron chi connectivity index (χ3n) is 25.6. The van der Waals surface area contributed by atoms with Crippen LogP contribution >= 0.6 is 11.3 Å². The van der Waals surface area contributed by atoms with Crippen LogP contribution in [0.3, 0.4) is 0 Å². The van der Waals surface area contributed by atoms with E-state index < -0.39 is 0 Å². The third kappa shape index (κ3) is 14.3. The van der Waals surface area contributed by atoms with Crippen LogP contribution in [0.1, 0.15) is 0 Å². The van der Waals surface area contributed by atoms with E-state index in [-0.39, 0.29) is 0 Å². The molecule has 622 valence electrons. The van der Waals surface area contributed by atoms with Gasteiger partial charge in [-0.1, -0.05) is 315 Å². The molecule has 7 nitrogen and oxygen atoms in total. The van der Waals surface area contributed by atoms with Gasteiger partial charge in [0.1, 0.15) is 11.2 Å². The van der Waals surface area contributed by atoms with Gasteiger partial charge >= 0.3 is 0 Å². The van der Waals surface area contributed by atoms with E-state index in [1.54, 1.807) is 0 Å². The Morgan fingerprint density at radius 1 is 0.174 bits per heavy atom. The fourth-order valence-corrected chi connectivity index (χ4v) is 20.8. The van der Waals surface area contributed by atoms with Crippen LogP contribution in [0.4, 0.5) is 68.2 Å². The van der Waals surface area contributed by atoms with Crippen molar-refractivity contribution in [2.75, 3.05) is 19.6 Å². The van der Waals surface area contributed by atoms with Gasteiger partial charge in [0.15, 0.2) is 0 Å². The lowest BCUT2D eigenvalue weighted by molar-refractivity contribution is 0.668. The van der Waals surface area contributed by atoms with E-state index in [0.29, 0.717) is 0 Å². The van der Waals surface area contributed by atoms with Crippen LogP contribution < -0.4 is 19.6 Å². The second kappa shape index (κ2) is 33.8. The molecular weight excluding hydrogens is 1620 g/mol. The predicted octanol–water partition coefficient (Wildman–Crippen LogP) is 35.5. The number of nitrogens with zero attached hydrogens (tertiary/aromatic N) is 6. The predicted molar refractivity (Wildman–Crippen MR) is 560 cm³/mol. The van der Waals surface area contributed by atoms with Crippen LogP contribution in [0, 0.1) is 0 Å². The molecule has 8 heteroatoms. The van der Waals surface area contributed by atoms with Gasteiger partial charge in [-0.25, -0.2) is 0 Å². The van der Waals surface area contributed by atoms with Crippen molar-refractivity contribution in [2.24, 2.45) is 0 Å². The van der Waals surface area contributed by atoms with Crippen molar-refractivity contribution in [1.29, 1.82) is 0 Å². The van der Waals surface area contributed by atoms with Crippen molar-refractivity contribution in [3.8, 4) is 55.9 Å². The largest absolute Gasteiger partial charge is 0.456 e. The summed E-state index contributed by atoms with van der Waals surface area (Å²) in [6.45, 7) is 0. The monoisotopic (exact) mass is 1700 g/mol. The fourth-order valence-electron chi connectivity index (χ4n) is 19.7. The SMILES string of the molecule is c1ccc(-c2cc(N(c3ccccc3)c3ccccc3)cc(N(c3ccccc3)c3cccc(-c4ccc5c6ccccc6n(-c6ccccc6)c5c4)c3)c2)cc1.c1ccc(-c2ccc(N(c3ccccc3)c3cccc(N(c4cccc(-c5ccc6c7ccccc7n(-c7ccc8c(c7)oc7ccccc78)c6c5)c4)c4cccc5sc6ccccc6c45)c3)c3ccccc23)cc1. The van der Waals surface area contributed by atoms with Crippen molar-refractivity contribution in [2.45, 2.75) is 0 Å². The lowest BCUT2D eigenvalue weighted by Gasteiger charge is -2.31. The molecule has 0 atom stereocenters. The molecule has 0 fully saturated rings. The van der Waals surface area contributed by atoms with Crippen LogP contribution in [0.2, 0.25) is 0 Å². The first-order valence-electron chi connectivity index (χ1n) is 44.9. The topological polar surface area (TPSA) is 36.0 Å². The number of hydrogen-bond acceptors (Lipinski definition) is 6. The van der Waals surface area contributed by atoms with Crippen LogP contribution in [-0.4, -0.2) is 9.13 Å². The Kier molecular flexibility index (Phi) is 20.0. The first kappa shape index (κ1) is 78.2. The molecule has 0 radical (unpaired) electrons. The van der Waals surface area contributed by atoms with E-state index in [4.69, 9.17) is 4.42 Å². The molecule has 0 amide bonds. The van der Waals surface area contributed by atoms with Crippen molar-refractivity contribution < 1.29 is 4.42 Å². The summed E-state index contributed by atoms with van der Waals surface area (Å²) < 4.78 is 13.7. The molecule has 0 aliphatic heterocycles. The molecule has 0 saturated carbocycles. The van der Waals surface area contributed by atoms with Gasteiger partial charge in [0, 0.05) is 132 Å². The quantitative estimate of drug-likeness (QED) is 0.0856. The molecule has 132 heavy (non-hydrogen) atoms. The summed E-state index contributed by atoms with van der Waals surface area (Å²) in [4.78, 5) is 9.60. The van der Waals surface area contributed by atoms with E-state index in [2.05, 4.69) is 526 Å². The van der Waals surface area contributed by atoms with E-state index in [9.17, 15) is 0 Å². The van der Waals surface area contributed by atoms with E-state index in [1.165, 1.54) is 74.6 Å². The molecule has 0 spiro atoms. The Morgan fingerprint density at radius 2 is 0.545 bits per heavy atom. The zero-order valence-corrected chi connectivity index (χ0v) is 72.8. The van der Waals surface area contributed by atoms with Crippen molar-refractivity contribution >= 4 is 176 Å². The maximum absolute atomic E-state index is 6.44. The summed E-state index contributed by atoms with van der Waals surface area (Å²) >= 11 is 1.85. The Labute approximate surface area is 769 Å². The molecule has 25 aromatic rings. The van der Waals surface area contributed by atoms with Gasteiger partial charge in [0.05, 0.1) is 33.4 Å². The highest BCUT2D eigenvalue weighted by molar-refractivity contribution is 7.26. The van der Waals surface area contributed by atoms with Gasteiger partial charge in [-0.05, 0) is 238 Å². The van der Waals surface area contributed by atoms with E-state index in [1.807, 2.05) is 23.5 Å². The smallest absolute Gasteiger partial charge is 0.137 e. The summed E-state index contributed by atoms with van der Waals surface area (Å²) in [7, 11) is 0. The summed E-state index contributed by atoms with van der Waals surface area (Å²) in [6.07, 6.45) is 0. The van der Waals surface area contributed by atoms with Crippen molar-refractivity contribution in [3.63, 3.8) is 0 Å². The van der Waals surface area contributed by atoms with Gasteiger partial charge in [-0.3, -0.25) is 0 Å². The molecule has 25 rings (SSSR count). The normalized spacial score (nSPS) is 11.5. The highest BCUT2D eigenvalue weighted by atomic mass is 32.1. The van der Waals surface area contributed by atoms with Gasteiger partial charge < -0.3 is 33.2 Å². The summed E-state index contributed by atoms with van der Waals surface area (Å²) in [5.41, 5.74) is 30.9. The minimum Gasteiger partial charge on any atom is -0.456 e. The summed E-state index contributed by atoms with van der Waals surface area (Å²) in [5, 5.41) is 12.0. The number of anilines is 12. The van der Waals surface area contributed by atoms with Crippen LogP contribution in [0.25, 0.3) is 152 Å². The molecule has 0 N–H and O–H groups in total. The van der Waals surface area contributed by atoms with E-state index >= 15 is 0 Å². The Bertz CT molecular complexity index is 8570. The minimum atomic E-state index is 0.877. The number of rotatable bonds is 18. The molecule has 21 aromatic carbocycles. The molecular formula is C124H84N6OS. The Balaban J connectivity index is 0.000000151. The van der Waals surface area contributed by atoms with Gasteiger partial charge in [0.25, 0.3) is 0 Å². The average Bonchev–Trinajstić information content (AvgIpc) is 1.56. The number of thiophene rings is 1.